The van der Waals surface area contributed by atoms with Crippen LogP contribution in [0.25, 0.3) is 16.9 Å². The molecule has 182 valence electrons. The maximum Gasteiger partial charge on any atom is 0.229 e. The van der Waals surface area contributed by atoms with Crippen molar-refractivity contribution in [3.8, 4) is 17.2 Å². The second-order valence-corrected chi connectivity index (χ2v) is 7.99. The Morgan fingerprint density at radius 3 is 2.34 bits per heavy atom. The summed E-state index contributed by atoms with van der Waals surface area (Å²) in [6, 6.07) is 15.5. The van der Waals surface area contributed by atoms with E-state index in [1.807, 2.05) is 53.1 Å². The quantitative estimate of drug-likeness (QED) is 0.203. The number of nitrogens with zero attached hydrogens (tertiary/aromatic N) is 4. The molecule has 2 aromatic carbocycles. The number of ether oxygens (including phenoxy) is 2. The Labute approximate surface area is 204 Å². The molecule has 0 radical (unpaired) electrons. The lowest BCUT2D eigenvalue weighted by atomic mass is 10.2. The fourth-order valence-electron chi connectivity index (χ4n) is 3.49. The maximum atomic E-state index is 10.3. The van der Waals surface area contributed by atoms with Gasteiger partial charge in [0.25, 0.3) is 0 Å². The number of hydrogen-bond donors (Lipinski definition) is 2. The zero-order valence-electron chi connectivity index (χ0n) is 19.8. The van der Waals surface area contributed by atoms with Crippen molar-refractivity contribution in [1.82, 2.24) is 24.8 Å². The highest BCUT2D eigenvalue weighted by Crippen LogP contribution is 2.22. The van der Waals surface area contributed by atoms with Crippen LogP contribution in [0.2, 0.25) is 0 Å². The molecule has 0 atom stereocenters. The second kappa shape index (κ2) is 12.4. The van der Waals surface area contributed by atoms with Gasteiger partial charge >= 0.3 is 0 Å². The van der Waals surface area contributed by atoms with E-state index in [-0.39, 0.29) is 0 Å². The third-order valence-corrected chi connectivity index (χ3v) is 5.35. The van der Waals surface area contributed by atoms with Gasteiger partial charge in [0.15, 0.2) is 5.65 Å². The molecule has 9 nitrogen and oxygen atoms in total. The highest BCUT2D eigenvalue weighted by atomic mass is 16.5. The molecular weight excluding hydrogens is 444 g/mol. The molecule has 0 fully saturated rings. The molecule has 0 saturated carbocycles. The van der Waals surface area contributed by atoms with Gasteiger partial charge in [0, 0.05) is 17.9 Å². The first-order valence-corrected chi connectivity index (χ1v) is 11.9. The van der Waals surface area contributed by atoms with Crippen LogP contribution in [-0.4, -0.2) is 45.7 Å². The van der Waals surface area contributed by atoms with E-state index in [0.29, 0.717) is 36.7 Å². The number of hydrogen-bond acceptors (Lipinski definition) is 7. The fraction of sp³-hybridized carbons (Fsp3) is 0.308. The highest BCUT2D eigenvalue weighted by molar-refractivity contribution is 5.74. The minimum Gasteiger partial charge on any atom is -0.494 e. The summed E-state index contributed by atoms with van der Waals surface area (Å²) in [5.41, 5.74) is 3.21. The van der Waals surface area contributed by atoms with E-state index in [9.17, 15) is 4.79 Å². The van der Waals surface area contributed by atoms with Gasteiger partial charge in [-0.2, -0.15) is 4.98 Å². The van der Waals surface area contributed by atoms with Crippen molar-refractivity contribution in [2.24, 2.45) is 0 Å². The van der Waals surface area contributed by atoms with E-state index in [1.165, 1.54) is 12.8 Å². The summed E-state index contributed by atoms with van der Waals surface area (Å²) < 4.78 is 13.4. The molecule has 0 aliphatic carbocycles. The summed E-state index contributed by atoms with van der Waals surface area (Å²) in [6.45, 7) is 4.04. The molecule has 0 aliphatic rings. The molecule has 0 saturated heterocycles. The van der Waals surface area contributed by atoms with Gasteiger partial charge in [-0.25, -0.2) is 9.97 Å². The first kappa shape index (κ1) is 24.0. The Morgan fingerprint density at radius 2 is 1.63 bits per heavy atom. The lowest BCUT2D eigenvalue weighted by molar-refractivity contribution is -0.109. The lowest BCUT2D eigenvalue weighted by Crippen LogP contribution is -2.14. The number of aromatic nitrogens is 4. The van der Waals surface area contributed by atoms with Crippen LogP contribution in [-0.2, 0) is 4.79 Å². The van der Waals surface area contributed by atoms with Crippen LogP contribution in [0.1, 0.15) is 32.6 Å². The van der Waals surface area contributed by atoms with Crippen LogP contribution >= 0.6 is 0 Å². The zero-order chi connectivity index (χ0) is 24.3. The molecule has 4 aromatic rings. The van der Waals surface area contributed by atoms with Crippen molar-refractivity contribution < 1.29 is 14.3 Å². The summed E-state index contributed by atoms with van der Waals surface area (Å²) in [7, 11) is 0. The molecule has 2 heterocycles. The number of anilines is 2. The van der Waals surface area contributed by atoms with Gasteiger partial charge < -0.3 is 20.1 Å². The van der Waals surface area contributed by atoms with Gasteiger partial charge in [-0.3, -0.25) is 9.36 Å². The Kier molecular flexibility index (Phi) is 8.47. The molecule has 0 unspecified atom stereocenters. The van der Waals surface area contributed by atoms with Crippen molar-refractivity contribution in [3.63, 3.8) is 0 Å². The van der Waals surface area contributed by atoms with Crippen molar-refractivity contribution in [1.29, 1.82) is 0 Å². The average molecular weight is 475 g/mol. The second-order valence-electron chi connectivity index (χ2n) is 7.99. The molecular formula is C26H30N6O3. The predicted octanol–water partition coefficient (Wildman–Crippen LogP) is 4.64. The number of fused-ring (bicyclic) bond motifs is 1. The SMILES string of the molecule is CCCCCOc1ccc(-n2cnc3cnc(Nc4ccc(OCCCNC=O)cc4)nc32)cc1. The summed E-state index contributed by atoms with van der Waals surface area (Å²) >= 11 is 0. The molecule has 0 bridgehead atoms. The topological polar surface area (TPSA) is 103 Å². The third kappa shape index (κ3) is 6.69. The van der Waals surface area contributed by atoms with Crippen LogP contribution in [0.4, 0.5) is 11.6 Å². The molecule has 9 heteroatoms. The molecule has 2 aromatic heterocycles. The monoisotopic (exact) mass is 474 g/mol. The average Bonchev–Trinajstić information content (AvgIpc) is 3.31. The molecule has 1 amide bonds. The van der Waals surface area contributed by atoms with Gasteiger partial charge in [-0.15, -0.1) is 0 Å². The summed E-state index contributed by atoms with van der Waals surface area (Å²) in [5, 5.41) is 5.84. The van der Waals surface area contributed by atoms with Crippen LogP contribution in [0.15, 0.2) is 61.1 Å². The Hall–Kier alpha value is -4.14. The van der Waals surface area contributed by atoms with Crippen molar-refractivity contribution in [3.05, 3.63) is 61.1 Å². The Balaban J connectivity index is 1.39. The van der Waals surface area contributed by atoms with E-state index in [2.05, 4.69) is 32.5 Å². The molecule has 4 rings (SSSR count). The zero-order valence-corrected chi connectivity index (χ0v) is 19.8. The number of benzene rings is 2. The van der Waals surface area contributed by atoms with Gasteiger partial charge in [0.1, 0.15) is 23.3 Å². The Bertz CT molecular complexity index is 1210. The summed E-state index contributed by atoms with van der Waals surface area (Å²) in [4.78, 5) is 23.8. The van der Waals surface area contributed by atoms with Gasteiger partial charge in [0.2, 0.25) is 12.4 Å². The van der Waals surface area contributed by atoms with E-state index in [4.69, 9.17) is 9.47 Å². The van der Waals surface area contributed by atoms with Crippen LogP contribution < -0.4 is 20.1 Å². The van der Waals surface area contributed by atoms with Crippen LogP contribution in [0.5, 0.6) is 11.5 Å². The van der Waals surface area contributed by atoms with E-state index < -0.39 is 0 Å². The number of nitrogens with one attached hydrogen (secondary N) is 2. The molecule has 0 spiro atoms. The van der Waals surface area contributed by atoms with Crippen LogP contribution in [0, 0.1) is 0 Å². The summed E-state index contributed by atoms with van der Waals surface area (Å²) in [6.07, 6.45) is 8.30. The van der Waals surface area contributed by atoms with Gasteiger partial charge in [-0.05, 0) is 61.4 Å². The lowest BCUT2D eigenvalue weighted by Gasteiger charge is -2.09. The van der Waals surface area contributed by atoms with E-state index in [1.54, 1.807) is 12.5 Å². The highest BCUT2D eigenvalue weighted by Gasteiger charge is 2.09. The van der Waals surface area contributed by atoms with E-state index in [0.717, 1.165) is 42.3 Å². The normalized spacial score (nSPS) is 10.8. The number of imidazole rings is 1. The minimum atomic E-state index is 0.476. The number of rotatable bonds is 14. The number of amides is 1. The van der Waals surface area contributed by atoms with E-state index >= 15 is 0 Å². The van der Waals surface area contributed by atoms with Crippen molar-refractivity contribution >= 4 is 29.2 Å². The number of carbonyl (C=O) groups is 1. The molecule has 35 heavy (non-hydrogen) atoms. The summed E-state index contributed by atoms with van der Waals surface area (Å²) in [5.74, 6) is 2.09. The van der Waals surface area contributed by atoms with Crippen LogP contribution in [0.3, 0.4) is 0 Å². The van der Waals surface area contributed by atoms with Gasteiger partial charge in [0.05, 0.1) is 19.4 Å². The van der Waals surface area contributed by atoms with Crippen molar-refractivity contribution in [2.45, 2.75) is 32.6 Å². The Morgan fingerprint density at radius 1 is 0.914 bits per heavy atom. The fourth-order valence-corrected chi connectivity index (χ4v) is 3.49. The largest absolute Gasteiger partial charge is 0.494 e. The predicted molar refractivity (Wildman–Crippen MR) is 136 cm³/mol. The maximum absolute atomic E-state index is 10.3. The smallest absolute Gasteiger partial charge is 0.229 e. The number of unbranched alkanes of at least 4 members (excludes halogenated alkanes) is 2. The van der Waals surface area contributed by atoms with Crippen molar-refractivity contribution in [2.75, 3.05) is 25.1 Å². The number of carbonyl (C=O) groups excluding carboxylic acids is 1. The van der Waals surface area contributed by atoms with Gasteiger partial charge in [-0.1, -0.05) is 19.8 Å². The first-order chi connectivity index (χ1) is 17.3. The molecule has 0 aliphatic heterocycles. The minimum absolute atomic E-state index is 0.476. The third-order valence-electron chi connectivity index (χ3n) is 5.35. The standard InChI is InChI=1S/C26H30N6O3/c1-2-3-4-15-34-23-12-8-21(9-13-23)32-18-29-24-17-28-26(31-25(24)32)30-20-6-10-22(11-7-20)35-16-5-14-27-19-33/h6-13,17-19H,2-5,14-16H2,1H3,(H,27,33)(H,28,30,31). The molecule has 2 N–H and O–H groups in total. The first-order valence-electron chi connectivity index (χ1n) is 11.9.